The third-order valence-corrected chi connectivity index (χ3v) is 9.46. The molecule has 4 aromatic carbocycles. The fraction of sp³-hybridized carbons (Fsp3) is 0.143. The van der Waals surface area contributed by atoms with Gasteiger partial charge in [0, 0.05) is 34.8 Å². The van der Waals surface area contributed by atoms with Crippen LogP contribution >= 0.6 is 0 Å². The molecule has 0 unspecified atom stereocenters. The van der Waals surface area contributed by atoms with Crippen LogP contribution in [0.25, 0.3) is 67.0 Å². The first-order chi connectivity index (χ1) is 24.4. The molecule has 0 bridgehead atoms. The number of hydrogen-bond donors (Lipinski definition) is 0. The van der Waals surface area contributed by atoms with E-state index in [9.17, 15) is 0 Å². The van der Waals surface area contributed by atoms with Gasteiger partial charge in [0.25, 0.3) is 0 Å². The lowest BCUT2D eigenvalue weighted by atomic mass is 9.84. The summed E-state index contributed by atoms with van der Waals surface area (Å²) in [6, 6.07) is 35.6. The second-order valence-corrected chi connectivity index (χ2v) is 13.3. The Morgan fingerprint density at radius 2 is 1.42 bits per heavy atom. The Labute approximate surface area is 288 Å². The highest BCUT2D eigenvalue weighted by molar-refractivity contribution is 6.10. The zero-order valence-corrected chi connectivity index (χ0v) is 28.2. The van der Waals surface area contributed by atoms with Crippen molar-refractivity contribution in [3.05, 3.63) is 133 Å². The third kappa shape index (κ3) is 4.83. The number of para-hydroxylation sites is 1. The molecule has 0 aliphatic carbocycles. The number of benzene rings is 4. The number of ether oxygens (including phenoxy) is 1. The lowest BCUT2D eigenvalue weighted by Crippen LogP contribution is -2.00. The summed E-state index contributed by atoms with van der Waals surface area (Å²) >= 11 is 0. The summed E-state index contributed by atoms with van der Waals surface area (Å²) in [4.78, 5) is 9.54. The van der Waals surface area contributed by atoms with Crippen molar-refractivity contribution < 1.29 is 9.15 Å². The molecule has 0 aliphatic rings. The van der Waals surface area contributed by atoms with E-state index in [1.54, 1.807) is 12.5 Å². The van der Waals surface area contributed by atoms with Crippen molar-refractivity contribution in [2.24, 2.45) is 0 Å². The highest BCUT2D eigenvalue weighted by Gasteiger charge is 2.21. The summed E-state index contributed by atoms with van der Waals surface area (Å²) in [5, 5.41) is 10.3. The van der Waals surface area contributed by atoms with Gasteiger partial charge in [-0.1, -0.05) is 75.3 Å². The molecule has 0 amide bonds. The van der Waals surface area contributed by atoms with Crippen molar-refractivity contribution in [3.63, 3.8) is 0 Å². The number of oxazole rings is 1. The van der Waals surface area contributed by atoms with E-state index in [1.165, 1.54) is 16.7 Å². The van der Waals surface area contributed by atoms with Crippen LogP contribution in [0.1, 0.15) is 50.7 Å². The Morgan fingerprint density at radius 3 is 2.22 bits per heavy atom. The van der Waals surface area contributed by atoms with E-state index >= 15 is 0 Å². The van der Waals surface area contributed by atoms with E-state index in [1.807, 2.05) is 47.0 Å². The van der Waals surface area contributed by atoms with Gasteiger partial charge in [-0.15, -0.1) is 5.10 Å². The third-order valence-electron chi connectivity index (χ3n) is 9.46. The predicted octanol–water partition coefficient (Wildman–Crippen LogP) is 10.7. The average molecular weight is 655 g/mol. The maximum atomic E-state index is 6.81. The Hall–Kier alpha value is -6.28. The molecule has 0 radical (unpaired) electrons. The van der Waals surface area contributed by atoms with Crippen LogP contribution in [0.3, 0.4) is 0 Å². The number of rotatable bonds is 7. The van der Waals surface area contributed by atoms with Crippen molar-refractivity contribution in [1.29, 1.82) is 0 Å². The maximum Gasteiger partial charge on any atom is 0.327 e. The lowest BCUT2D eigenvalue weighted by molar-refractivity contribution is 0.483. The first-order valence-electron chi connectivity index (χ1n) is 16.9. The van der Waals surface area contributed by atoms with Crippen molar-refractivity contribution in [1.82, 2.24) is 29.1 Å². The monoisotopic (exact) mass is 654 g/mol. The second-order valence-electron chi connectivity index (χ2n) is 13.3. The van der Waals surface area contributed by atoms with E-state index in [0.717, 1.165) is 49.9 Å². The smallest absolute Gasteiger partial charge is 0.327 e. The Kier molecular flexibility index (Phi) is 6.98. The van der Waals surface area contributed by atoms with Crippen LogP contribution in [0.15, 0.2) is 126 Å². The summed E-state index contributed by atoms with van der Waals surface area (Å²) in [6.45, 7) is 9.02. The van der Waals surface area contributed by atoms with Gasteiger partial charge in [-0.3, -0.25) is 9.55 Å². The molecule has 5 aromatic heterocycles. The van der Waals surface area contributed by atoms with Gasteiger partial charge >= 0.3 is 5.84 Å². The molecule has 5 heterocycles. The standard InChI is InChI=1S/C42H34N6O2/c1-25(2)31-11-9-12-32(26(3)4)39(31)28-20-27(35-13-7-8-18-43-35)21-30(22-28)49-29-15-16-34-33-10-5-6-14-36(33)48(38(34)23-29)41-40-37(17-19-44-41)47-24-45-46-42(47)50-40/h5-26H,1-4H3. The zero-order valence-electron chi connectivity index (χ0n) is 28.2. The summed E-state index contributed by atoms with van der Waals surface area (Å²) in [6.07, 6.45) is 5.27. The fourth-order valence-corrected chi connectivity index (χ4v) is 7.17. The zero-order chi connectivity index (χ0) is 33.9. The van der Waals surface area contributed by atoms with Gasteiger partial charge in [0.1, 0.15) is 17.8 Å². The molecule has 9 aromatic rings. The first-order valence-corrected chi connectivity index (χ1v) is 16.9. The summed E-state index contributed by atoms with van der Waals surface area (Å²) in [5.41, 5.74) is 10.3. The number of hydrogen-bond acceptors (Lipinski definition) is 6. The van der Waals surface area contributed by atoms with Gasteiger partial charge in [0.05, 0.1) is 22.2 Å². The van der Waals surface area contributed by atoms with E-state index in [2.05, 4.69) is 109 Å². The minimum atomic E-state index is 0.351. The van der Waals surface area contributed by atoms with Crippen LogP contribution in [0.2, 0.25) is 0 Å². The Morgan fingerprint density at radius 1 is 0.640 bits per heavy atom. The topological polar surface area (TPSA) is 83.3 Å². The van der Waals surface area contributed by atoms with Crippen molar-refractivity contribution in [2.45, 2.75) is 39.5 Å². The quantitative estimate of drug-likeness (QED) is 0.170. The van der Waals surface area contributed by atoms with Crippen molar-refractivity contribution in [2.75, 3.05) is 0 Å². The molecular formula is C42H34N6O2. The normalized spacial score (nSPS) is 12.0. The first kappa shape index (κ1) is 29.8. The second kappa shape index (κ2) is 11.7. The molecule has 0 fully saturated rings. The Bertz CT molecular complexity index is 2680. The van der Waals surface area contributed by atoms with Crippen LogP contribution in [0, 0.1) is 0 Å². The largest absolute Gasteiger partial charge is 0.457 e. The molecule has 8 nitrogen and oxygen atoms in total. The number of fused-ring (bicyclic) bond motifs is 6. The van der Waals surface area contributed by atoms with Gasteiger partial charge in [0.2, 0.25) is 0 Å². The predicted molar refractivity (Wildman–Crippen MR) is 198 cm³/mol. The fourth-order valence-electron chi connectivity index (χ4n) is 7.17. The van der Waals surface area contributed by atoms with Crippen LogP contribution in [0.4, 0.5) is 0 Å². The van der Waals surface area contributed by atoms with Crippen molar-refractivity contribution >= 4 is 38.7 Å². The van der Waals surface area contributed by atoms with Crippen LogP contribution < -0.4 is 4.74 Å². The molecule has 0 aliphatic heterocycles. The van der Waals surface area contributed by atoms with Gasteiger partial charge in [-0.25, -0.2) is 9.38 Å². The summed E-state index contributed by atoms with van der Waals surface area (Å²) in [7, 11) is 0. The van der Waals surface area contributed by atoms with Gasteiger partial charge in [-0.2, -0.15) is 0 Å². The van der Waals surface area contributed by atoms with Gasteiger partial charge < -0.3 is 9.15 Å². The molecule has 244 valence electrons. The molecule has 0 atom stereocenters. The summed E-state index contributed by atoms with van der Waals surface area (Å²) in [5.74, 6) is 3.23. The van der Waals surface area contributed by atoms with Crippen LogP contribution in [-0.4, -0.2) is 29.1 Å². The molecule has 0 saturated carbocycles. The van der Waals surface area contributed by atoms with E-state index in [0.29, 0.717) is 34.8 Å². The molecule has 50 heavy (non-hydrogen) atoms. The molecule has 9 rings (SSSR count). The molecule has 0 spiro atoms. The highest BCUT2D eigenvalue weighted by Crippen LogP contribution is 2.41. The van der Waals surface area contributed by atoms with E-state index in [-0.39, 0.29) is 0 Å². The molecule has 8 heteroatoms. The van der Waals surface area contributed by atoms with Crippen molar-refractivity contribution in [3.8, 4) is 39.7 Å². The molecule has 0 N–H and O–H groups in total. The van der Waals surface area contributed by atoms with E-state index in [4.69, 9.17) is 19.1 Å². The number of pyridine rings is 2. The maximum absolute atomic E-state index is 6.81. The molecular weight excluding hydrogens is 621 g/mol. The van der Waals surface area contributed by atoms with E-state index < -0.39 is 0 Å². The number of nitrogens with zero attached hydrogens (tertiary/aromatic N) is 6. The average Bonchev–Trinajstić information content (AvgIpc) is 3.83. The minimum Gasteiger partial charge on any atom is -0.457 e. The van der Waals surface area contributed by atoms with Crippen LogP contribution in [0.5, 0.6) is 11.5 Å². The van der Waals surface area contributed by atoms with Gasteiger partial charge in [-0.05, 0) is 88.7 Å². The van der Waals surface area contributed by atoms with Crippen LogP contribution in [-0.2, 0) is 0 Å². The number of aromatic nitrogens is 6. The lowest BCUT2D eigenvalue weighted by Gasteiger charge is -2.21. The van der Waals surface area contributed by atoms with Gasteiger partial charge in [0.15, 0.2) is 11.4 Å². The minimum absolute atomic E-state index is 0.351. The molecule has 0 saturated heterocycles. The SMILES string of the molecule is CC(C)c1cccc(C(C)C)c1-c1cc(Oc2ccc3c4ccccc4n(-c4nccc5c4oc4nncn45)c3c2)cc(-c2ccccn2)c1. The highest BCUT2D eigenvalue weighted by atomic mass is 16.5. The Balaban J connectivity index is 1.23. The summed E-state index contributed by atoms with van der Waals surface area (Å²) < 4.78 is 17.0.